The number of carbonyl (C=O) groups is 1. The third-order valence-electron chi connectivity index (χ3n) is 4.11. The predicted molar refractivity (Wildman–Crippen MR) is 107 cm³/mol. The monoisotopic (exact) mass is 431 g/mol. The Kier molecular flexibility index (Phi) is 6.02. The Bertz CT molecular complexity index is 1110. The maximum Gasteiger partial charge on any atom is 0.281 e. The lowest BCUT2D eigenvalue weighted by atomic mass is 10.1. The highest BCUT2D eigenvalue weighted by Gasteiger charge is 2.24. The number of nitro benzene ring substituents is 2. The topological polar surface area (TPSA) is 125 Å². The summed E-state index contributed by atoms with van der Waals surface area (Å²) in [5, 5.41) is 26.4. The van der Waals surface area contributed by atoms with Gasteiger partial charge in [0.1, 0.15) is 12.2 Å². The lowest BCUT2D eigenvalue weighted by Crippen LogP contribution is -2.11. The molecule has 9 nitrogen and oxygen atoms in total. The normalized spacial score (nSPS) is 10.5. The van der Waals surface area contributed by atoms with Crippen LogP contribution in [0.15, 0.2) is 47.8 Å². The number of para-hydroxylation sites is 1. The fourth-order valence-corrected chi connectivity index (χ4v) is 3.41. The Morgan fingerprint density at radius 3 is 2.37 bits per heavy atom. The van der Waals surface area contributed by atoms with Crippen molar-refractivity contribution in [3.05, 3.63) is 89.9 Å². The van der Waals surface area contributed by atoms with Crippen molar-refractivity contribution in [2.24, 2.45) is 0 Å². The minimum absolute atomic E-state index is 0.0339. The molecule has 1 heterocycles. The first-order valence-electron chi connectivity index (χ1n) is 8.45. The number of rotatable bonds is 7. The van der Waals surface area contributed by atoms with E-state index in [0.29, 0.717) is 5.56 Å². The van der Waals surface area contributed by atoms with Crippen LogP contribution in [0.3, 0.4) is 0 Å². The minimum Gasteiger partial charge on any atom is -0.486 e. The summed E-state index contributed by atoms with van der Waals surface area (Å²) in [5.41, 5.74) is -0.489. The first kappa shape index (κ1) is 20.9. The third kappa shape index (κ3) is 4.58. The van der Waals surface area contributed by atoms with E-state index in [1.54, 1.807) is 11.4 Å². The molecule has 0 bridgehead atoms. The smallest absolute Gasteiger partial charge is 0.281 e. The van der Waals surface area contributed by atoms with E-state index in [1.807, 2.05) is 0 Å². The lowest BCUT2D eigenvalue weighted by Gasteiger charge is -2.06. The quantitative estimate of drug-likeness (QED) is 0.421. The molecular formula is C19H14FN3O6S. The van der Waals surface area contributed by atoms with Gasteiger partial charge in [0.25, 0.3) is 17.3 Å². The number of nitrogens with one attached hydrogen (secondary N) is 1. The molecule has 0 aliphatic carbocycles. The molecule has 30 heavy (non-hydrogen) atoms. The molecule has 1 amide bonds. The molecule has 1 N–H and O–H groups in total. The van der Waals surface area contributed by atoms with Gasteiger partial charge in [-0.15, -0.1) is 11.3 Å². The summed E-state index contributed by atoms with van der Waals surface area (Å²) >= 11 is 1.09. The second-order valence-electron chi connectivity index (χ2n) is 6.15. The molecule has 1 aromatic heterocycles. The van der Waals surface area contributed by atoms with E-state index in [0.717, 1.165) is 23.5 Å². The first-order valence-corrected chi connectivity index (χ1v) is 9.33. The molecular weight excluding hydrogens is 417 g/mol. The molecule has 0 saturated heterocycles. The van der Waals surface area contributed by atoms with E-state index >= 15 is 0 Å². The maximum absolute atomic E-state index is 13.6. The molecule has 154 valence electrons. The average Bonchev–Trinajstić information content (AvgIpc) is 3.17. The van der Waals surface area contributed by atoms with Gasteiger partial charge >= 0.3 is 0 Å². The van der Waals surface area contributed by atoms with E-state index in [1.165, 1.54) is 31.2 Å². The van der Waals surface area contributed by atoms with Crippen LogP contribution in [0, 0.1) is 33.0 Å². The van der Waals surface area contributed by atoms with Crippen LogP contribution in [-0.2, 0) is 6.61 Å². The van der Waals surface area contributed by atoms with Crippen molar-refractivity contribution in [2.75, 3.05) is 5.32 Å². The summed E-state index contributed by atoms with van der Waals surface area (Å²) in [6, 6.07) is 9.57. The SMILES string of the molecule is Cc1c([N+](=O)[O-])cc(NC(=O)c2cc(COc3ccccc3F)cs2)cc1[N+](=O)[O-]. The molecule has 0 saturated carbocycles. The van der Waals surface area contributed by atoms with Crippen LogP contribution in [0.5, 0.6) is 5.75 Å². The fraction of sp³-hybridized carbons (Fsp3) is 0.105. The van der Waals surface area contributed by atoms with E-state index < -0.39 is 32.9 Å². The Labute approximate surface area is 173 Å². The van der Waals surface area contributed by atoms with Crippen LogP contribution in [0.1, 0.15) is 20.8 Å². The molecule has 0 unspecified atom stereocenters. The highest BCUT2D eigenvalue weighted by Crippen LogP contribution is 2.32. The number of halogens is 1. The number of thiophene rings is 1. The third-order valence-corrected chi connectivity index (χ3v) is 5.09. The number of carbonyl (C=O) groups excluding carboxylic acids is 1. The average molecular weight is 431 g/mol. The van der Waals surface area contributed by atoms with E-state index in [-0.39, 0.29) is 28.5 Å². The summed E-state index contributed by atoms with van der Waals surface area (Å²) in [6.07, 6.45) is 0. The van der Waals surface area contributed by atoms with Crippen LogP contribution in [0.4, 0.5) is 21.5 Å². The Morgan fingerprint density at radius 2 is 1.77 bits per heavy atom. The number of anilines is 1. The van der Waals surface area contributed by atoms with Crippen molar-refractivity contribution in [1.82, 2.24) is 0 Å². The van der Waals surface area contributed by atoms with Crippen LogP contribution < -0.4 is 10.1 Å². The van der Waals surface area contributed by atoms with Crippen LogP contribution >= 0.6 is 11.3 Å². The van der Waals surface area contributed by atoms with Gasteiger partial charge in [-0.2, -0.15) is 0 Å². The van der Waals surface area contributed by atoms with Gasteiger partial charge in [-0.25, -0.2) is 4.39 Å². The minimum atomic E-state index is -0.749. The van der Waals surface area contributed by atoms with Gasteiger partial charge in [-0.05, 0) is 30.5 Å². The van der Waals surface area contributed by atoms with E-state index in [9.17, 15) is 29.4 Å². The van der Waals surface area contributed by atoms with Gasteiger partial charge in [0.2, 0.25) is 0 Å². The summed E-state index contributed by atoms with van der Waals surface area (Å²) in [6.45, 7) is 1.30. The van der Waals surface area contributed by atoms with Gasteiger partial charge in [0, 0.05) is 17.7 Å². The number of nitro groups is 2. The molecule has 0 radical (unpaired) electrons. The van der Waals surface area contributed by atoms with Crippen molar-refractivity contribution in [3.8, 4) is 5.75 Å². The van der Waals surface area contributed by atoms with Gasteiger partial charge in [-0.1, -0.05) is 12.1 Å². The Balaban J connectivity index is 1.75. The van der Waals surface area contributed by atoms with Crippen molar-refractivity contribution in [3.63, 3.8) is 0 Å². The largest absolute Gasteiger partial charge is 0.486 e. The maximum atomic E-state index is 13.6. The molecule has 2 aromatic carbocycles. The van der Waals surface area contributed by atoms with Crippen LogP contribution in [0.2, 0.25) is 0 Å². The van der Waals surface area contributed by atoms with Crippen molar-refractivity contribution in [1.29, 1.82) is 0 Å². The van der Waals surface area contributed by atoms with Gasteiger partial charge in [0.05, 0.1) is 20.4 Å². The second kappa shape index (κ2) is 8.66. The van der Waals surface area contributed by atoms with E-state index in [4.69, 9.17) is 4.74 Å². The highest BCUT2D eigenvalue weighted by atomic mass is 32.1. The second-order valence-corrected chi connectivity index (χ2v) is 7.06. The molecule has 3 rings (SSSR count). The number of ether oxygens (including phenoxy) is 1. The molecule has 0 spiro atoms. The fourth-order valence-electron chi connectivity index (χ4n) is 2.62. The zero-order valence-electron chi connectivity index (χ0n) is 15.5. The van der Waals surface area contributed by atoms with Crippen LogP contribution in [-0.4, -0.2) is 15.8 Å². The Hall–Kier alpha value is -3.86. The van der Waals surface area contributed by atoms with E-state index in [2.05, 4.69) is 5.32 Å². The molecule has 0 fully saturated rings. The number of amides is 1. The highest BCUT2D eigenvalue weighted by molar-refractivity contribution is 7.12. The van der Waals surface area contributed by atoms with Gasteiger partial charge in [-0.3, -0.25) is 25.0 Å². The summed E-state index contributed by atoms with van der Waals surface area (Å²) in [5.74, 6) is -1.02. The Morgan fingerprint density at radius 1 is 1.13 bits per heavy atom. The zero-order chi connectivity index (χ0) is 21.8. The lowest BCUT2D eigenvalue weighted by molar-refractivity contribution is -0.395. The number of benzene rings is 2. The molecule has 11 heteroatoms. The molecule has 0 aliphatic rings. The van der Waals surface area contributed by atoms with Gasteiger partial charge in [0.15, 0.2) is 11.6 Å². The summed E-state index contributed by atoms with van der Waals surface area (Å²) in [4.78, 5) is 33.5. The van der Waals surface area contributed by atoms with Crippen molar-refractivity contribution >= 4 is 34.3 Å². The van der Waals surface area contributed by atoms with Gasteiger partial charge < -0.3 is 10.1 Å². The first-order chi connectivity index (χ1) is 14.3. The molecule has 0 atom stereocenters. The van der Waals surface area contributed by atoms with Crippen molar-refractivity contribution in [2.45, 2.75) is 13.5 Å². The molecule has 0 aliphatic heterocycles. The number of hydrogen-bond acceptors (Lipinski definition) is 7. The molecule has 3 aromatic rings. The number of nitrogens with zero attached hydrogens (tertiary/aromatic N) is 2. The van der Waals surface area contributed by atoms with Crippen LogP contribution in [0.25, 0.3) is 0 Å². The number of hydrogen-bond donors (Lipinski definition) is 1. The van der Waals surface area contributed by atoms with Crippen molar-refractivity contribution < 1.29 is 23.8 Å². The predicted octanol–water partition coefficient (Wildman–Crippen LogP) is 4.84. The standard InChI is InChI=1S/C19H14FN3O6S/c1-11-15(22(25)26)7-13(8-16(11)23(27)28)21-19(24)18-6-12(10-30-18)9-29-17-5-3-2-4-14(17)20/h2-8,10H,9H2,1H3,(H,21,24). The summed E-state index contributed by atoms with van der Waals surface area (Å²) in [7, 11) is 0. The zero-order valence-corrected chi connectivity index (χ0v) is 16.3. The summed E-state index contributed by atoms with van der Waals surface area (Å²) < 4.78 is 19.0.